The number of thiophene rings is 1. The molecule has 158 valence electrons. The normalized spacial score (nSPS) is 13.4. The molecule has 0 unspecified atom stereocenters. The van der Waals surface area contributed by atoms with E-state index in [-0.39, 0.29) is 5.91 Å². The molecule has 30 heavy (non-hydrogen) atoms. The van der Waals surface area contributed by atoms with Gasteiger partial charge in [0.05, 0.1) is 18.7 Å². The van der Waals surface area contributed by atoms with Gasteiger partial charge < -0.3 is 19.8 Å². The van der Waals surface area contributed by atoms with E-state index in [2.05, 4.69) is 10.6 Å². The first-order valence-corrected chi connectivity index (χ1v) is 11.4. The van der Waals surface area contributed by atoms with Crippen molar-refractivity contribution >= 4 is 27.9 Å². The van der Waals surface area contributed by atoms with E-state index < -0.39 is 0 Å². The quantitative estimate of drug-likeness (QED) is 0.445. The van der Waals surface area contributed by atoms with Crippen molar-refractivity contribution in [3.05, 3.63) is 63.9 Å². The molecule has 1 aliphatic carbocycles. The largest absolute Gasteiger partial charge is 0.494 e. The summed E-state index contributed by atoms with van der Waals surface area (Å²) in [5.41, 5.74) is 2.76. The third-order valence-electron chi connectivity index (χ3n) is 5.29. The third kappa shape index (κ3) is 4.70. The van der Waals surface area contributed by atoms with Crippen LogP contribution in [0.25, 0.3) is 0 Å². The van der Waals surface area contributed by atoms with Crippen molar-refractivity contribution < 1.29 is 13.9 Å². The van der Waals surface area contributed by atoms with Gasteiger partial charge in [0.25, 0.3) is 5.91 Å². The number of amides is 1. The van der Waals surface area contributed by atoms with Gasteiger partial charge >= 0.3 is 0 Å². The fraction of sp³-hybridized carbons (Fsp3) is 0.375. The van der Waals surface area contributed by atoms with Crippen LogP contribution in [0.5, 0.6) is 5.75 Å². The zero-order valence-corrected chi connectivity index (χ0v) is 18.4. The fourth-order valence-electron chi connectivity index (χ4n) is 3.85. The number of ether oxygens (including phenoxy) is 1. The summed E-state index contributed by atoms with van der Waals surface area (Å²) in [5, 5.41) is 7.46. The predicted molar refractivity (Wildman–Crippen MR) is 122 cm³/mol. The summed E-state index contributed by atoms with van der Waals surface area (Å²) in [7, 11) is 0. The molecule has 0 atom stereocenters. The molecule has 5 nitrogen and oxygen atoms in total. The molecule has 0 saturated heterocycles. The molecule has 2 heterocycles. The highest BCUT2D eigenvalue weighted by Gasteiger charge is 2.25. The number of rotatable bonds is 7. The van der Waals surface area contributed by atoms with Crippen LogP contribution in [0.15, 0.2) is 40.8 Å². The van der Waals surface area contributed by atoms with E-state index in [9.17, 15) is 4.79 Å². The number of aryl methyl sites for hydroxylation is 2. The first-order valence-electron chi connectivity index (χ1n) is 10.6. The number of hydrogen-bond acceptors (Lipinski definition) is 5. The van der Waals surface area contributed by atoms with Crippen LogP contribution in [-0.4, -0.2) is 12.5 Å². The number of furan rings is 1. The Labute approximate surface area is 181 Å². The van der Waals surface area contributed by atoms with Gasteiger partial charge in [-0.1, -0.05) is 6.42 Å². The molecule has 0 aliphatic heterocycles. The number of carbonyl (C=O) groups excluding carboxylic acids is 1. The van der Waals surface area contributed by atoms with Crippen LogP contribution in [0.1, 0.15) is 58.5 Å². The predicted octanol–water partition coefficient (Wildman–Crippen LogP) is 6.18. The van der Waals surface area contributed by atoms with E-state index in [1.54, 1.807) is 11.3 Å². The molecule has 4 rings (SSSR count). The van der Waals surface area contributed by atoms with Crippen molar-refractivity contribution in [2.45, 2.75) is 52.5 Å². The summed E-state index contributed by atoms with van der Waals surface area (Å²) in [6.45, 7) is 5.08. The summed E-state index contributed by atoms with van der Waals surface area (Å²) < 4.78 is 11.2. The Balaban J connectivity index is 1.57. The lowest BCUT2D eigenvalue weighted by Crippen LogP contribution is -2.15. The van der Waals surface area contributed by atoms with Gasteiger partial charge in [-0.2, -0.15) is 0 Å². The van der Waals surface area contributed by atoms with Crippen LogP contribution in [0, 0.1) is 6.92 Å². The van der Waals surface area contributed by atoms with Crippen LogP contribution < -0.4 is 15.4 Å². The Morgan fingerprint density at radius 1 is 1.10 bits per heavy atom. The summed E-state index contributed by atoms with van der Waals surface area (Å²) in [6, 6.07) is 11.5. The van der Waals surface area contributed by atoms with E-state index in [1.807, 2.05) is 50.2 Å². The molecule has 2 aromatic heterocycles. The SMILES string of the molecule is CCOc1ccc(NC(=O)c2c(NCc3ccc(C)o3)sc3c2CCCCC3)cc1. The average molecular weight is 425 g/mol. The van der Waals surface area contributed by atoms with E-state index in [1.165, 1.54) is 23.3 Å². The van der Waals surface area contributed by atoms with Gasteiger partial charge in [-0.05, 0) is 81.5 Å². The van der Waals surface area contributed by atoms with Gasteiger partial charge in [-0.15, -0.1) is 11.3 Å². The first kappa shape index (κ1) is 20.5. The molecular formula is C24H28N2O3S. The molecule has 0 fully saturated rings. The van der Waals surface area contributed by atoms with Crippen molar-refractivity contribution in [3.63, 3.8) is 0 Å². The van der Waals surface area contributed by atoms with Gasteiger partial charge in [0.1, 0.15) is 22.3 Å². The van der Waals surface area contributed by atoms with Gasteiger partial charge in [0, 0.05) is 10.6 Å². The topological polar surface area (TPSA) is 63.5 Å². The zero-order valence-electron chi connectivity index (χ0n) is 17.5. The summed E-state index contributed by atoms with van der Waals surface area (Å²) in [6.07, 6.45) is 5.54. The van der Waals surface area contributed by atoms with E-state index >= 15 is 0 Å². The molecule has 0 bridgehead atoms. The Morgan fingerprint density at radius 2 is 1.90 bits per heavy atom. The molecule has 2 N–H and O–H groups in total. The summed E-state index contributed by atoms with van der Waals surface area (Å²) in [4.78, 5) is 14.6. The number of fused-ring (bicyclic) bond motifs is 1. The Morgan fingerprint density at radius 3 is 2.63 bits per heavy atom. The van der Waals surface area contributed by atoms with Gasteiger partial charge in [-0.25, -0.2) is 0 Å². The van der Waals surface area contributed by atoms with Crippen molar-refractivity contribution in [1.82, 2.24) is 0 Å². The number of hydrogen-bond donors (Lipinski definition) is 2. The van der Waals surface area contributed by atoms with E-state index in [4.69, 9.17) is 9.15 Å². The van der Waals surface area contributed by atoms with Crippen LogP contribution >= 0.6 is 11.3 Å². The van der Waals surface area contributed by atoms with Gasteiger partial charge in [0.15, 0.2) is 0 Å². The maximum Gasteiger partial charge on any atom is 0.258 e. The van der Waals surface area contributed by atoms with Crippen LogP contribution in [-0.2, 0) is 19.4 Å². The highest BCUT2D eigenvalue weighted by atomic mass is 32.1. The molecule has 6 heteroatoms. The minimum absolute atomic E-state index is 0.0586. The lowest BCUT2D eigenvalue weighted by atomic mass is 10.0. The number of nitrogens with one attached hydrogen (secondary N) is 2. The molecule has 1 amide bonds. The number of anilines is 2. The molecular weight excluding hydrogens is 396 g/mol. The lowest BCUT2D eigenvalue weighted by Gasteiger charge is -2.11. The maximum absolute atomic E-state index is 13.3. The number of carbonyl (C=O) groups is 1. The Bertz CT molecular complexity index is 1000. The number of benzene rings is 1. The van der Waals surface area contributed by atoms with E-state index in [0.29, 0.717) is 13.2 Å². The molecule has 1 aliphatic rings. The second kappa shape index (κ2) is 9.39. The highest BCUT2D eigenvalue weighted by Crippen LogP contribution is 2.38. The minimum Gasteiger partial charge on any atom is -0.494 e. The van der Waals surface area contributed by atoms with Crippen molar-refractivity contribution in [2.24, 2.45) is 0 Å². The molecule has 0 saturated carbocycles. The third-order valence-corrected chi connectivity index (χ3v) is 6.54. The summed E-state index contributed by atoms with van der Waals surface area (Å²) >= 11 is 1.72. The molecule has 1 aromatic carbocycles. The monoisotopic (exact) mass is 424 g/mol. The Hall–Kier alpha value is -2.73. The summed E-state index contributed by atoms with van der Waals surface area (Å²) in [5.74, 6) is 2.50. The smallest absolute Gasteiger partial charge is 0.258 e. The lowest BCUT2D eigenvalue weighted by molar-refractivity contribution is 0.102. The van der Waals surface area contributed by atoms with Crippen molar-refractivity contribution in [2.75, 3.05) is 17.2 Å². The maximum atomic E-state index is 13.3. The highest BCUT2D eigenvalue weighted by molar-refractivity contribution is 7.16. The van der Waals surface area contributed by atoms with Gasteiger partial charge in [-0.3, -0.25) is 4.79 Å². The van der Waals surface area contributed by atoms with Gasteiger partial charge in [0.2, 0.25) is 0 Å². The minimum atomic E-state index is -0.0586. The Kier molecular flexibility index (Phi) is 6.43. The molecule has 0 radical (unpaired) electrons. The average Bonchev–Trinajstić information content (AvgIpc) is 3.23. The molecule has 0 spiro atoms. The van der Waals surface area contributed by atoms with Crippen molar-refractivity contribution in [1.29, 1.82) is 0 Å². The molecule has 3 aromatic rings. The van der Waals surface area contributed by atoms with Crippen LogP contribution in [0.3, 0.4) is 0 Å². The first-order chi connectivity index (χ1) is 14.6. The van der Waals surface area contributed by atoms with Crippen LogP contribution in [0.2, 0.25) is 0 Å². The van der Waals surface area contributed by atoms with E-state index in [0.717, 1.165) is 52.8 Å². The standard InChI is InChI=1S/C24H28N2O3S/c1-3-28-18-13-10-17(11-14-18)26-23(27)22-20-7-5-4-6-8-21(20)30-24(22)25-15-19-12-9-16(2)29-19/h9-14,25H,3-8,15H2,1-2H3,(H,26,27). The fourth-order valence-corrected chi connectivity index (χ4v) is 5.13. The zero-order chi connectivity index (χ0) is 20.9. The van der Waals surface area contributed by atoms with Crippen molar-refractivity contribution in [3.8, 4) is 5.75 Å². The second-order valence-corrected chi connectivity index (χ2v) is 8.65. The second-order valence-electron chi connectivity index (χ2n) is 7.55. The van der Waals surface area contributed by atoms with Crippen LogP contribution in [0.4, 0.5) is 10.7 Å².